The van der Waals surface area contributed by atoms with Crippen LogP contribution in [0.4, 0.5) is 0 Å². The smallest absolute Gasteiger partial charge is 0.333 e. The predicted octanol–water partition coefficient (Wildman–Crippen LogP) is -0.0387. The van der Waals surface area contributed by atoms with E-state index in [9.17, 15) is 19.8 Å². The van der Waals surface area contributed by atoms with Gasteiger partial charge in [-0.25, -0.2) is 4.79 Å². The van der Waals surface area contributed by atoms with Gasteiger partial charge in [0.25, 0.3) is 5.56 Å². The molecular weight excluding hydrogens is 336 g/mol. The minimum atomic E-state index is -0.655. The van der Waals surface area contributed by atoms with Crippen molar-refractivity contribution in [3.05, 3.63) is 61.9 Å². The van der Waals surface area contributed by atoms with Crippen molar-refractivity contribution in [2.45, 2.75) is 19.0 Å². The van der Waals surface area contributed by atoms with Crippen molar-refractivity contribution in [2.75, 3.05) is 13.2 Å². The molecule has 1 aliphatic rings. The largest absolute Gasteiger partial charge is 0.494 e. The molecule has 0 spiro atoms. The van der Waals surface area contributed by atoms with Gasteiger partial charge in [-0.05, 0) is 18.1 Å². The third kappa shape index (κ3) is 2.30. The van der Waals surface area contributed by atoms with Crippen LogP contribution in [0.5, 0.6) is 5.88 Å². The Balaban J connectivity index is 1.98. The molecule has 0 aliphatic carbocycles. The summed E-state index contributed by atoms with van der Waals surface area (Å²) in [6.45, 7) is 0.182. The van der Waals surface area contributed by atoms with Crippen LogP contribution in [0.15, 0.2) is 33.9 Å². The first kappa shape index (κ1) is 16.6. The van der Waals surface area contributed by atoms with Gasteiger partial charge >= 0.3 is 5.69 Å². The molecule has 3 heterocycles. The fourth-order valence-corrected chi connectivity index (χ4v) is 3.76. The summed E-state index contributed by atoms with van der Waals surface area (Å²) >= 11 is 0. The predicted molar refractivity (Wildman–Crippen MR) is 96.5 cm³/mol. The number of fused-ring (bicyclic) bond motifs is 3. The number of hydrogen-bond donors (Lipinski definition) is 4. The number of aromatic amines is 1. The highest BCUT2D eigenvalue weighted by Crippen LogP contribution is 2.34. The summed E-state index contributed by atoms with van der Waals surface area (Å²) < 4.78 is 1.98. The normalized spacial score (nSPS) is 16.8. The third-order valence-electron chi connectivity index (χ3n) is 5.02. The maximum absolute atomic E-state index is 12.9. The van der Waals surface area contributed by atoms with Crippen molar-refractivity contribution in [2.24, 2.45) is 7.05 Å². The van der Waals surface area contributed by atoms with E-state index >= 15 is 0 Å². The Morgan fingerprint density at radius 2 is 2.04 bits per heavy atom. The molecule has 0 bridgehead atoms. The zero-order valence-corrected chi connectivity index (χ0v) is 14.3. The molecule has 0 fully saturated rings. The zero-order valence-electron chi connectivity index (χ0n) is 14.3. The molecule has 1 aliphatic heterocycles. The molecule has 4 N–H and O–H groups in total. The Morgan fingerprint density at radius 1 is 1.27 bits per heavy atom. The van der Waals surface area contributed by atoms with Gasteiger partial charge in [-0.1, -0.05) is 18.2 Å². The summed E-state index contributed by atoms with van der Waals surface area (Å²) in [5, 5.41) is 24.1. The summed E-state index contributed by atoms with van der Waals surface area (Å²) in [6.07, 6.45) is 0.799. The highest BCUT2D eigenvalue weighted by molar-refractivity contribution is 5.85. The average Bonchev–Trinajstić information content (AvgIpc) is 3.03. The van der Waals surface area contributed by atoms with E-state index in [4.69, 9.17) is 0 Å². The van der Waals surface area contributed by atoms with Crippen molar-refractivity contribution in [1.82, 2.24) is 19.4 Å². The van der Waals surface area contributed by atoms with Crippen LogP contribution in [0.1, 0.15) is 22.9 Å². The highest BCUT2D eigenvalue weighted by Gasteiger charge is 2.31. The number of benzene rings is 1. The van der Waals surface area contributed by atoms with Crippen molar-refractivity contribution in [3.63, 3.8) is 0 Å². The molecule has 0 radical (unpaired) electrons. The number of hydrogen-bond acceptors (Lipinski definition) is 5. The molecule has 0 saturated carbocycles. The lowest BCUT2D eigenvalue weighted by atomic mass is 9.95. The van der Waals surface area contributed by atoms with E-state index in [0.717, 1.165) is 37.7 Å². The summed E-state index contributed by atoms with van der Waals surface area (Å²) in [4.78, 5) is 28.5. The number of rotatable bonds is 3. The van der Waals surface area contributed by atoms with E-state index < -0.39 is 17.3 Å². The van der Waals surface area contributed by atoms with Gasteiger partial charge in [-0.15, -0.1) is 0 Å². The van der Waals surface area contributed by atoms with Gasteiger partial charge in [-0.3, -0.25) is 13.9 Å². The van der Waals surface area contributed by atoms with E-state index in [1.54, 1.807) is 0 Å². The number of aromatic nitrogens is 3. The van der Waals surface area contributed by atoms with Gasteiger partial charge in [-0.2, -0.15) is 0 Å². The van der Waals surface area contributed by atoms with Crippen LogP contribution >= 0.6 is 0 Å². The van der Waals surface area contributed by atoms with E-state index in [1.807, 2.05) is 24.3 Å². The topological polar surface area (TPSA) is 112 Å². The number of nitrogens with zero attached hydrogens (tertiary/aromatic N) is 2. The van der Waals surface area contributed by atoms with Crippen LogP contribution in [0.2, 0.25) is 0 Å². The van der Waals surface area contributed by atoms with E-state index in [-0.39, 0.29) is 24.6 Å². The van der Waals surface area contributed by atoms with Crippen LogP contribution in [-0.2, 0) is 20.0 Å². The van der Waals surface area contributed by atoms with Crippen LogP contribution in [0.3, 0.4) is 0 Å². The van der Waals surface area contributed by atoms with Gasteiger partial charge in [0.15, 0.2) is 0 Å². The number of aliphatic hydroxyl groups is 1. The first-order valence-corrected chi connectivity index (χ1v) is 8.51. The molecule has 2 aromatic heterocycles. The molecule has 0 amide bonds. The number of nitrogens with one attached hydrogen (secondary N) is 2. The molecule has 1 aromatic carbocycles. The van der Waals surface area contributed by atoms with Crippen LogP contribution in [0, 0.1) is 0 Å². The monoisotopic (exact) mass is 356 g/mol. The second-order valence-electron chi connectivity index (χ2n) is 6.46. The summed E-state index contributed by atoms with van der Waals surface area (Å²) in [5.74, 6) is -0.363. The molecule has 8 heteroatoms. The lowest BCUT2D eigenvalue weighted by molar-refractivity contribution is 0.267. The lowest BCUT2D eigenvalue weighted by Gasteiger charge is -2.25. The second-order valence-corrected chi connectivity index (χ2v) is 6.46. The number of para-hydroxylation sites is 1. The Labute approximate surface area is 148 Å². The zero-order chi connectivity index (χ0) is 18.4. The van der Waals surface area contributed by atoms with Crippen molar-refractivity contribution >= 4 is 10.9 Å². The molecule has 8 nitrogen and oxygen atoms in total. The molecule has 4 rings (SSSR count). The van der Waals surface area contributed by atoms with E-state index in [2.05, 4.69) is 10.3 Å². The van der Waals surface area contributed by atoms with Crippen molar-refractivity contribution in [3.8, 4) is 5.88 Å². The quantitative estimate of drug-likeness (QED) is 0.526. The summed E-state index contributed by atoms with van der Waals surface area (Å²) in [7, 11) is 1.41. The van der Waals surface area contributed by atoms with Gasteiger partial charge in [0.1, 0.15) is 5.56 Å². The molecule has 1 unspecified atom stereocenters. The average molecular weight is 356 g/mol. The summed E-state index contributed by atoms with van der Waals surface area (Å²) in [5.41, 5.74) is 1.74. The highest BCUT2D eigenvalue weighted by atomic mass is 16.3. The SMILES string of the molecule is Cn1c(O)c(C2NCCc3c2[nH]c2ccccc32)c(=O)n(CCO)c1=O. The van der Waals surface area contributed by atoms with E-state index in [1.165, 1.54) is 7.05 Å². The molecule has 0 saturated heterocycles. The Kier molecular flexibility index (Phi) is 3.93. The lowest BCUT2D eigenvalue weighted by Crippen LogP contribution is -2.44. The fraction of sp³-hybridized carbons (Fsp3) is 0.333. The Hall–Kier alpha value is -2.84. The number of H-pyrrole nitrogens is 1. The number of aliphatic hydroxyl groups excluding tert-OH is 1. The minimum Gasteiger partial charge on any atom is -0.494 e. The van der Waals surface area contributed by atoms with E-state index in [0.29, 0.717) is 6.54 Å². The first-order valence-electron chi connectivity index (χ1n) is 8.51. The van der Waals surface area contributed by atoms with Gasteiger partial charge < -0.3 is 20.5 Å². The fourth-order valence-electron chi connectivity index (χ4n) is 3.76. The van der Waals surface area contributed by atoms with Gasteiger partial charge in [0.05, 0.1) is 19.2 Å². The molecule has 1 atom stereocenters. The standard InChI is InChI=1S/C18H20N4O4/c1-21-16(24)13(17(25)22(8-9-23)18(21)26)15-14-11(6-7-19-15)10-4-2-3-5-12(10)20-14/h2-5,15,19-20,23-24H,6-9H2,1H3. The Morgan fingerprint density at radius 3 is 2.81 bits per heavy atom. The van der Waals surface area contributed by atoms with Crippen LogP contribution in [0.25, 0.3) is 10.9 Å². The minimum absolute atomic E-state index is 0.105. The van der Waals surface area contributed by atoms with Gasteiger partial charge in [0, 0.05) is 30.2 Å². The number of aromatic hydroxyl groups is 1. The molecule has 136 valence electrons. The molecule has 26 heavy (non-hydrogen) atoms. The van der Waals surface area contributed by atoms with Crippen molar-refractivity contribution < 1.29 is 10.2 Å². The van der Waals surface area contributed by atoms with Crippen molar-refractivity contribution in [1.29, 1.82) is 0 Å². The first-order chi connectivity index (χ1) is 12.5. The van der Waals surface area contributed by atoms with Gasteiger partial charge in [0.2, 0.25) is 5.88 Å². The maximum atomic E-state index is 12.9. The summed E-state index contributed by atoms with van der Waals surface area (Å²) in [6, 6.07) is 7.33. The second kappa shape index (κ2) is 6.15. The maximum Gasteiger partial charge on any atom is 0.333 e. The van der Waals surface area contributed by atoms with Crippen LogP contribution < -0.4 is 16.6 Å². The molecule has 3 aromatic rings. The Bertz CT molecular complexity index is 1110. The van der Waals surface area contributed by atoms with Crippen LogP contribution in [-0.4, -0.2) is 37.5 Å². The molecular formula is C18H20N4O4. The third-order valence-corrected chi connectivity index (χ3v) is 5.02.